The minimum atomic E-state index is 0.979. The van der Waals surface area contributed by atoms with Gasteiger partial charge in [0, 0.05) is 40.4 Å². The van der Waals surface area contributed by atoms with Crippen LogP contribution in [0.3, 0.4) is 0 Å². The molecule has 0 N–H and O–H groups in total. The maximum atomic E-state index is 2.44. The van der Waals surface area contributed by atoms with Crippen molar-refractivity contribution in [2.45, 2.75) is 91.9 Å². The Morgan fingerprint density at radius 1 is 0.345 bits per heavy atom. The molecule has 0 aliphatic heterocycles. The van der Waals surface area contributed by atoms with E-state index in [1.54, 1.807) is 33.4 Å². The fraction of sp³-hybridized carbons (Fsp3) is 0.259. The average Bonchev–Trinajstić information content (AvgIpc) is 4.11. The molecule has 4 aromatic carbocycles. The lowest BCUT2D eigenvalue weighted by Crippen LogP contribution is -2.20. The number of hydrogen-bond acceptors (Lipinski definition) is 4. The molecule has 0 unspecified atom stereocenters. The van der Waals surface area contributed by atoms with Crippen LogP contribution >= 0.6 is 45.3 Å². The van der Waals surface area contributed by atoms with Crippen molar-refractivity contribution in [3.05, 3.63) is 164 Å². The monoisotopic (exact) mass is 828 g/mol. The fourth-order valence-corrected chi connectivity index (χ4v) is 13.5. The van der Waals surface area contributed by atoms with E-state index in [2.05, 4.69) is 148 Å². The van der Waals surface area contributed by atoms with E-state index >= 15 is 0 Å². The molecular formula is C54H52S4. The largest absolute Gasteiger partial charge is 0.143 e. The summed E-state index contributed by atoms with van der Waals surface area (Å²) in [5.74, 6) is 0. The second-order valence-corrected chi connectivity index (χ2v) is 19.8. The third-order valence-electron chi connectivity index (χ3n) is 12.0. The molecule has 0 radical (unpaired) electrons. The Morgan fingerprint density at radius 3 is 1.09 bits per heavy atom. The van der Waals surface area contributed by atoms with Crippen molar-refractivity contribution in [3.63, 3.8) is 0 Å². The highest BCUT2D eigenvalue weighted by molar-refractivity contribution is 7.24. The van der Waals surface area contributed by atoms with Crippen molar-refractivity contribution in [2.75, 3.05) is 0 Å². The van der Waals surface area contributed by atoms with Gasteiger partial charge >= 0.3 is 0 Å². The van der Waals surface area contributed by atoms with Crippen LogP contribution in [0.25, 0.3) is 62.6 Å². The third kappa shape index (κ3) is 7.21. The summed E-state index contributed by atoms with van der Waals surface area (Å²) in [7, 11) is 0. The van der Waals surface area contributed by atoms with Gasteiger partial charge in [-0.2, -0.15) is 0 Å². The Labute approximate surface area is 361 Å². The maximum absolute atomic E-state index is 2.44. The number of thiophene rings is 4. The van der Waals surface area contributed by atoms with Gasteiger partial charge in [-0.25, -0.2) is 0 Å². The summed E-state index contributed by atoms with van der Waals surface area (Å²) in [6.45, 7) is 9.55. The molecule has 0 saturated heterocycles. The molecule has 0 bridgehead atoms. The normalized spacial score (nSPS) is 12.2. The van der Waals surface area contributed by atoms with Gasteiger partial charge in [-0.1, -0.05) is 126 Å². The van der Waals surface area contributed by atoms with E-state index in [1.807, 2.05) is 45.3 Å². The molecule has 4 heterocycles. The van der Waals surface area contributed by atoms with Gasteiger partial charge in [0.1, 0.15) is 0 Å². The van der Waals surface area contributed by atoms with Crippen molar-refractivity contribution in [1.29, 1.82) is 0 Å². The molecule has 4 heteroatoms. The van der Waals surface area contributed by atoms with E-state index in [9.17, 15) is 0 Å². The van der Waals surface area contributed by atoms with Gasteiger partial charge in [-0.3, -0.25) is 0 Å². The van der Waals surface area contributed by atoms with Crippen molar-refractivity contribution >= 4 is 45.3 Å². The minimum absolute atomic E-state index is 0.979. The lowest BCUT2D eigenvalue weighted by atomic mass is 9.70. The molecule has 0 fully saturated rings. The SMILES string of the molecule is CCCc1c(CCC)c(CCC)c2c(c1CCC)Cc1c(c(-c3ccc(-c4cccs4)s3)c(-c3ccccc3)c(-c3ccccc3)c1-c1ccc(-c3cccs3)s1)C2. The summed E-state index contributed by atoms with van der Waals surface area (Å²) in [4.78, 5) is 8.14. The second kappa shape index (κ2) is 17.5. The molecule has 0 spiro atoms. The lowest BCUT2D eigenvalue weighted by Gasteiger charge is -2.35. The molecule has 1 aliphatic carbocycles. The summed E-state index contributed by atoms with van der Waals surface area (Å²) < 4.78 is 0. The molecule has 4 aromatic heterocycles. The number of fused-ring (bicyclic) bond motifs is 2. The molecule has 9 rings (SSSR count). The quantitative estimate of drug-likeness (QED) is 0.102. The Bertz CT molecular complexity index is 2450. The van der Waals surface area contributed by atoms with Crippen molar-refractivity contribution in [1.82, 2.24) is 0 Å². The summed E-state index contributed by atoms with van der Waals surface area (Å²) in [5.41, 5.74) is 21.3. The van der Waals surface area contributed by atoms with Crippen LogP contribution in [-0.4, -0.2) is 0 Å². The molecule has 58 heavy (non-hydrogen) atoms. The third-order valence-corrected chi connectivity index (χ3v) is 16.3. The van der Waals surface area contributed by atoms with Gasteiger partial charge in [0.05, 0.1) is 0 Å². The highest BCUT2D eigenvalue weighted by Gasteiger charge is 2.34. The van der Waals surface area contributed by atoms with Gasteiger partial charge < -0.3 is 0 Å². The van der Waals surface area contributed by atoms with E-state index in [1.165, 1.54) is 112 Å². The van der Waals surface area contributed by atoms with E-state index in [-0.39, 0.29) is 0 Å². The topological polar surface area (TPSA) is 0 Å². The molecule has 0 saturated carbocycles. The van der Waals surface area contributed by atoms with Gasteiger partial charge in [-0.05, 0) is 152 Å². The first-order chi connectivity index (χ1) is 28.6. The van der Waals surface area contributed by atoms with Crippen LogP contribution in [0.5, 0.6) is 0 Å². The Balaban J connectivity index is 1.44. The van der Waals surface area contributed by atoms with Crippen LogP contribution in [-0.2, 0) is 38.5 Å². The molecule has 292 valence electrons. The predicted octanol–water partition coefficient (Wildman–Crippen LogP) is 17.2. The summed E-state index contributed by atoms with van der Waals surface area (Å²) in [6, 6.07) is 41.3. The van der Waals surface area contributed by atoms with Gasteiger partial charge in [-0.15, -0.1) is 45.3 Å². The number of hydrogen-bond donors (Lipinski definition) is 0. The van der Waals surface area contributed by atoms with E-state index in [0.29, 0.717) is 0 Å². The first kappa shape index (κ1) is 39.2. The number of benzene rings is 4. The Kier molecular flexibility index (Phi) is 11.8. The van der Waals surface area contributed by atoms with Crippen LogP contribution in [0.15, 0.2) is 120 Å². The summed E-state index contributed by atoms with van der Waals surface area (Å²) in [6.07, 6.45) is 11.3. The van der Waals surface area contributed by atoms with Crippen LogP contribution in [0, 0.1) is 0 Å². The zero-order valence-electron chi connectivity index (χ0n) is 34.3. The molecule has 1 aliphatic rings. The first-order valence-corrected chi connectivity index (χ1v) is 24.8. The molecule has 0 amide bonds. The average molecular weight is 829 g/mol. The van der Waals surface area contributed by atoms with E-state index in [0.717, 1.165) is 25.7 Å². The van der Waals surface area contributed by atoms with Crippen molar-refractivity contribution < 1.29 is 0 Å². The minimum Gasteiger partial charge on any atom is -0.143 e. The Morgan fingerprint density at radius 2 is 0.724 bits per heavy atom. The summed E-state index contributed by atoms with van der Waals surface area (Å²) in [5, 5.41) is 4.42. The van der Waals surface area contributed by atoms with E-state index in [4.69, 9.17) is 0 Å². The van der Waals surface area contributed by atoms with Crippen LogP contribution in [0.4, 0.5) is 0 Å². The van der Waals surface area contributed by atoms with Gasteiger partial charge in [0.25, 0.3) is 0 Å². The molecule has 0 nitrogen and oxygen atoms in total. The lowest BCUT2D eigenvalue weighted by molar-refractivity contribution is 0.774. The first-order valence-electron chi connectivity index (χ1n) is 21.4. The van der Waals surface area contributed by atoms with Crippen molar-refractivity contribution in [2.24, 2.45) is 0 Å². The second-order valence-electron chi connectivity index (χ2n) is 15.7. The molecule has 0 atom stereocenters. The van der Waals surface area contributed by atoms with Gasteiger partial charge in [0.15, 0.2) is 0 Å². The van der Waals surface area contributed by atoms with Crippen LogP contribution in [0.1, 0.15) is 97.9 Å². The smallest absolute Gasteiger partial charge is 0.0449 e. The zero-order chi connectivity index (χ0) is 39.6. The highest BCUT2D eigenvalue weighted by Crippen LogP contribution is 2.56. The maximum Gasteiger partial charge on any atom is 0.0449 e. The van der Waals surface area contributed by atoms with Crippen LogP contribution < -0.4 is 0 Å². The predicted molar refractivity (Wildman–Crippen MR) is 259 cm³/mol. The fourth-order valence-electron chi connectivity index (χ4n) is 9.70. The molecular weight excluding hydrogens is 777 g/mol. The summed E-state index contributed by atoms with van der Waals surface area (Å²) >= 11 is 7.64. The van der Waals surface area contributed by atoms with Crippen molar-refractivity contribution in [3.8, 4) is 62.6 Å². The standard InChI is InChI=1S/C54H52S4/c1-5-17-37-38(18-6-2)40(20-8-4)42-34-44-43(33-41(42)39(37)19-7-3)53(49-29-27-47(57-49)45-25-15-31-55-45)51(35-21-11-9-12-22-35)52(36-23-13-10-14-24-36)54(44)50-30-28-48(58-50)46-26-16-32-56-46/h9-16,21-32H,5-8,17-20,33-34H2,1-4H3. The Hall–Kier alpha value is -4.32. The zero-order valence-corrected chi connectivity index (χ0v) is 37.5. The van der Waals surface area contributed by atoms with Gasteiger partial charge in [0.2, 0.25) is 0 Å². The van der Waals surface area contributed by atoms with Crippen LogP contribution in [0.2, 0.25) is 0 Å². The highest BCUT2D eigenvalue weighted by atomic mass is 32.1. The molecule has 8 aromatic rings. The van der Waals surface area contributed by atoms with E-state index < -0.39 is 0 Å². The number of rotatable bonds is 14.